The van der Waals surface area contributed by atoms with E-state index in [0.717, 1.165) is 5.56 Å². The average molecular weight is 376 g/mol. The Balaban J connectivity index is 1.50. The van der Waals surface area contributed by atoms with Crippen molar-refractivity contribution in [1.82, 2.24) is 5.32 Å². The van der Waals surface area contributed by atoms with E-state index in [1.807, 2.05) is 30.3 Å². The van der Waals surface area contributed by atoms with E-state index < -0.39 is 6.04 Å². The van der Waals surface area contributed by atoms with Gasteiger partial charge in [-0.3, -0.25) is 9.59 Å². The minimum absolute atomic E-state index is 0.0455. The van der Waals surface area contributed by atoms with Crippen molar-refractivity contribution < 1.29 is 19.1 Å². The number of ether oxygens (including phenoxy) is 1. The van der Waals surface area contributed by atoms with Crippen molar-refractivity contribution >= 4 is 29.4 Å². The standard InChI is InChI=1S/C22H20N2O4/c25-15-21-19(12-13-28-21)24-22(27)14-23-18-9-7-17(8-10-18)20(26)11-6-16-4-2-1-3-5-16/h1-11,19,23H,12-14H2,(H,24,27)/b11-6+/t19-/m0/s1. The number of hydrogen-bond donors (Lipinski definition) is 2. The quantitative estimate of drug-likeness (QED) is 0.441. The molecule has 1 heterocycles. The number of allylic oxidation sites excluding steroid dienone is 1. The molecule has 0 aliphatic carbocycles. The summed E-state index contributed by atoms with van der Waals surface area (Å²) >= 11 is 0. The number of hydrogen-bond acceptors (Lipinski definition) is 5. The van der Waals surface area contributed by atoms with Gasteiger partial charge in [-0.25, -0.2) is 4.79 Å². The van der Waals surface area contributed by atoms with Crippen molar-refractivity contribution in [1.29, 1.82) is 0 Å². The summed E-state index contributed by atoms with van der Waals surface area (Å²) in [4.78, 5) is 34.9. The molecule has 0 saturated carbocycles. The van der Waals surface area contributed by atoms with Crippen molar-refractivity contribution in [3.63, 3.8) is 0 Å². The van der Waals surface area contributed by atoms with Crippen molar-refractivity contribution in [3.8, 4) is 0 Å². The fourth-order valence-corrected chi connectivity index (χ4v) is 2.77. The van der Waals surface area contributed by atoms with Crippen LogP contribution in [0.15, 0.2) is 66.4 Å². The summed E-state index contributed by atoms with van der Waals surface area (Å²) < 4.78 is 5.08. The van der Waals surface area contributed by atoms with Crippen LogP contribution in [-0.2, 0) is 14.3 Å². The van der Waals surface area contributed by atoms with Crippen LogP contribution in [0.3, 0.4) is 0 Å². The first-order valence-corrected chi connectivity index (χ1v) is 8.94. The van der Waals surface area contributed by atoms with Gasteiger partial charge in [0.05, 0.1) is 13.2 Å². The van der Waals surface area contributed by atoms with Gasteiger partial charge in [-0.2, -0.15) is 0 Å². The molecular formula is C22H20N2O4. The van der Waals surface area contributed by atoms with E-state index in [0.29, 0.717) is 24.3 Å². The van der Waals surface area contributed by atoms with Crippen LogP contribution in [0.5, 0.6) is 0 Å². The lowest BCUT2D eigenvalue weighted by atomic mass is 10.1. The number of ketones is 1. The van der Waals surface area contributed by atoms with Gasteiger partial charge in [-0.1, -0.05) is 36.4 Å². The molecule has 1 atom stereocenters. The van der Waals surface area contributed by atoms with Crippen LogP contribution in [0.2, 0.25) is 0 Å². The zero-order valence-corrected chi connectivity index (χ0v) is 15.2. The van der Waals surface area contributed by atoms with Gasteiger partial charge in [0, 0.05) is 17.7 Å². The molecule has 1 aliphatic rings. The highest BCUT2D eigenvalue weighted by atomic mass is 16.5. The van der Waals surface area contributed by atoms with Crippen molar-refractivity contribution in [2.24, 2.45) is 0 Å². The summed E-state index contributed by atoms with van der Waals surface area (Å²) in [6, 6.07) is 16.1. The Labute approximate surface area is 162 Å². The van der Waals surface area contributed by atoms with Crippen LogP contribution in [-0.4, -0.2) is 36.8 Å². The highest BCUT2D eigenvalue weighted by Gasteiger charge is 2.25. The third-order valence-electron chi connectivity index (χ3n) is 4.27. The number of amides is 1. The van der Waals surface area contributed by atoms with Gasteiger partial charge in [0.15, 0.2) is 11.7 Å². The number of carbonyl (C=O) groups excluding carboxylic acids is 3. The lowest BCUT2D eigenvalue weighted by molar-refractivity contribution is -0.119. The summed E-state index contributed by atoms with van der Waals surface area (Å²) in [5.41, 5.74) is 2.24. The van der Waals surface area contributed by atoms with E-state index in [1.54, 1.807) is 36.3 Å². The maximum absolute atomic E-state index is 12.2. The SMILES string of the molecule is O=C=C1OCC[C@@H]1NC(=O)CNc1ccc(C(=O)/C=C/c2ccccc2)cc1. The van der Waals surface area contributed by atoms with Crippen LogP contribution in [0.1, 0.15) is 22.3 Å². The minimum atomic E-state index is -0.414. The van der Waals surface area contributed by atoms with E-state index >= 15 is 0 Å². The highest BCUT2D eigenvalue weighted by Crippen LogP contribution is 2.14. The predicted octanol–water partition coefficient (Wildman–Crippen LogP) is 2.62. The molecule has 0 bridgehead atoms. The maximum Gasteiger partial charge on any atom is 0.239 e. The zero-order chi connectivity index (χ0) is 19.8. The normalized spacial score (nSPS) is 15.7. The van der Waals surface area contributed by atoms with Crippen LogP contribution >= 0.6 is 0 Å². The fourth-order valence-electron chi connectivity index (χ4n) is 2.77. The Hall–Kier alpha value is -3.63. The van der Waals surface area contributed by atoms with Crippen LogP contribution in [0.25, 0.3) is 6.08 Å². The van der Waals surface area contributed by atoms with E-state index in [4.69, 9.17) is 4.74 Å². The molecule has 1 amide bonds. The van der Waals surface area contributed by atoms with Gasteiger partial charge in [0.25, 0.3) is 0 Å². The van der Waals surface area contributed by atoms with E-state index in [2.05, 4.69) is 10.6 Å². The number of rotatable bonds is 7. The van der Waals surface area contributed by atoms with E-state index in [9.17, 15) is 14.4 Å². The molecule has 1 aliphatic heterocycles. The van der Waals surface area contributed by atoms with Gasteiger partial charge in [0.2, 0.25) is 11.7 Å². The number of nitrogens with one attached hydrogen (secondary N) is 2. The molecule has 6 nitrogen and oxygen atoms in total. The van der Waals surface area contributed by atoms with Gasteiger partial charge in [0.1, 0.15) is 6.04 Å². The first-order valence-electron chi connectivity index (χ1n) is 8.94. The molecule has 2 aromatic rings. The summed E-state index contributed by atoms with van der Waals surface area (Å²) in [6.07, 6.45) is 3.87. The topological polar surface area (TPSA) is 84.5 Å². The van der Waals surface area contributed by atoms with Gasteiger partial charge in [-0.15, -0.1) is 0 Å². The Bertz CT molecular complexity index is 913. The van der Waals surface area contributed by atoms with Crippen molar-refractivity contribution in [3.05, 3.63) is 77.6 Å². The van der Waals surface area contributed by atoms with Crippen molar-refractivity contribution in [2.45, 2.75) is 12.5 Å². The Morgan fingerprint density at radius 3 is 2.57 bits per heavy atom. The molecule has 0 spiro atoms. The predicted molar refractivity (Wildman–Crippen MR) is 106 cm³/mol. The Morgan fingerprint density at radius 2 is 1.86 bits per heavy atom. The van der Waals surface area contributed by atoms with Crippen LogP contribution in [0, 0.1) is 0 Å². The minimum Gasteiger partial charge on any atom is -0.485 e. The number of anilines is 1. The monoisotopic (exact) mass is 376 g/mol. The zero-order valence-electron chi connectivity index (χ0n) is 15.2. The highest BCUT2D eigenvalue weighted by molar-refractivity contribution is 6.07. The molecule has 1 fully saturated rings. The lowest BCUT2D eigenvalue weighted by Crippen LogP contribution is -2.38. The summed E-state index contributed by atoms with van der Waals surface area (Å²) in [5.74, 6) is 1.49. The van der Waals surface area contributed by atoms with Crippen molar-refractivity contribution in [2.75, 3.05) is 18.5 Å². The second-order valence-corrected chi connectivity index (χ2v) is 6.26. The smallest absolute Gasteiger partial charge is 0.239 e. The molecule has 2 N–H and O–H groups in total. The first kappa shape index (κ1) is 19.1. The van der Waals surface area contributed by atoms with Crippen LogP contribution in [0.4, 0.5) is 5.69 Å². The third kappa shape index (κ3) is 5.19. The molecular weight excluding hydrogens is 356 g/mol. The van der Waals surface area contributed by atoms with E-state index in [1.165, 1.54) is 6.08 Å². The number of benzene rings is 2. The second kappa shape index (κ2) is 9.35. The summed E-state index contributed by atoms with van der Waals surface area (Å²) in [5, 5.41) is 5.71. The Kier molecular flexibility index (Phi) is 6.39. The van der Waals surface area contributed by atoms with E-state index in [-0.39, 0.29) is 24.0 Å². The average Bonchev–Trinajstić information content (AvgIpc) is 3.18. The molecule has 1 saturated heterocycles. The molecule has 0 unspecified atom stereocenters. The molecule has 3 rings (SSSR count). The first-order chi connectivity index (χ1) is 13.7. The van der Waals surface area contributed by atoms with Gasteiger partial charge >= 0.3 is 0 Å². The second-order valence-electron chi connectivity index (χ2n) is 6.26. The van der Waals surface area contributed by atoms with Gasteiger partial charge < -0.3 is 15.4 Å². The molecule has 2 aromatic carbocycles. The number of carbonyl (C=O) groups is 2. The molecule has 28 heavy (non-hydrogen) atoms. The largest absolute Gasteiger partial charge is 0.485 e. The van der Waals surface area contributed by atoms with Gasteiger partial charge in [-0.05, 0) is 35.9 Å². The maximum atomic E-state index is 12.2. The molecule has 6 heteroatoms. The molecule has 142 valence electrons. The summed E-state index contributed by atoms with van der Waals surface area (Å²) in [6.45, 7) is 0.445. The lowest BCUT2D eigenvalue weighted by Gasteiger charge is -2.11. The fraction of sp³-hybridized carbons (Fsp3) is 0.182. The molecule has 0 aromatic heterocycles. The third-order valence-corrected chi connectivity index (χ3v) is 4.27. The van der Waals surface area contributed by atoms with Crippen LogP contribution < -0.4 is 10.6 Å². The summed E-state index contributed by atoms with van der Waals surface area (Å²) in [7, 11) is 0. The Morgan fingerprint density at radius 1 is 1.11 bits per heavy atom. The molecule has 0 radical (unpaired) electrons.